The summed E-state index contributed by atoms with van der Waals surface area (Å²) in [6.07, 6.45) is 12.1. The third kappa shape index (κ3) is 3.37. The first-order chi connectivity index (χ1) is 12.8. The Morgan fingerprint density at radius 2 is 1.96 bits per heavy atom. The molecule has 2 heterocycles. The van der Waals surface area contributed by atoms with Crippen LogP contribution in [0.5, 0.6) is 5.75 Å². The second-order valence-corrected chi connectivity index (χ2v) is 7.71. The van der Waals surface area contributed by atoms with E-state index in [1.165, 1.54) is 51.5 Å². The van der Waals surface area contributed by atoms with Gasteiger partial charge in [0.2, 0.25) is 0 Å². The van der Waals surface area contributed by atoms with Gasteiger partial charge in [0.05, 0.1) is 18.8 Å². The fourth-order valence-electron chi connectivity index (χ4n) is 4.82. The Balaban J connectivity index is 1.51. The van der Waals surface area contributed by atoms with E-state index in [1.807, 2.05) is 18.2 Å². The third-order valence-electron chi connectivity index (χ3n) is 6.21. The number of rotatable bonds is 5. The van der Waals surface area contributed by atoms with Crippen molar-refractivity contribution in [3.63, 3.8) is 0 Å². The highest BCUT2D eigenvalue weighted by atomic mass is 16.5. The molecular formula is C21H29N3O2. The standard InChI is InChI=1S/C21H29N3O2/c1-26-19-11-6-10-18-20(19)22-15-23(21(18)25)14-12-17-9-4-5-13-24(17)16-7-2-3-8-16/h6,10-11,15-17H,2-5,7-9,12-14H2,1H3. The number of nitrogens with zero attached hydrogens (tertiary/aromatic N) is 3. The number of hydrogen-bond donors (Lipinski definition) is 0. The van der Waals surface area contributed by atoms with Crippen LogP contribution in [0.15, 0.2) is 29.3 Å². The molecule has 1 aromatic heterocycles. The minimum absolute atomic E-state index is 0.0390. The molecule has 140 valence electrons. The van der Waals surface area contributed by atoms with Crippen molar-refractivity contribution in [3.8, 4) is 5.75 Å². The Morgan fingerprint density at radius 1 is 1.15 bits per heavy atom. The molecule has 0 N–H and O–H groups in total. The van der Waals surface area contributed by atoms with Crippen molar-refractivity contribution >= 4 is 10.9 Å². The molecule has 5 nitrogen and oxygen atoms in total. The zero-order valence-electron chi connectivity index (χ0n) is 15.7. The predicted molar refractivity (Wildman–Crippen MR) is 104 cm³/mol. The van der Waals surface area contributed by atoms with Crippen molar-refractivity contribution < 1.29 is 4.74 Å². The molecule has 1 atom stereocenters. The Bertz CT molecular complexity index is 810. The number of hydrogen-bond acceptors (Lipinski definition) is 4. The maximum Gasteiger partial charge on any atom is 0.261 e. The van der Waals surface area contributed by atoms with Crippen LogP contribution in [0.2, 0.25) is 0 Å². The molecule has 1 aliphatic heterocycles. The highest BCUT2D eigenvalue weighted by Gasteiger charge is 2.30. The van der Waals surface area contributed by atoms with Crippen molar-refractivity contribution in [2.45, 2.75) is 70.0 Å². The van der Waals surface area contributed by atoms with Gasteiger partial charge in [0, 0.05) is 18.6 Å². The monoisotopic (exact) mass is 355 g/mol. The van der Waals surface area contributed by atoms with E-state index < -0.39 is 0 Å². The number of fused-ring (bicyclic) bond motifs is 1. The van der Waals surface area contributed by atoms with Crippen molar-refractivity contribution in [1.82, 2.24) is 14.5 Å². The first-order valence-electron chi connectivity index (χ1n) is 10.1. The number of likely N-dealkylation sites (tertiary alicyclic amines) is 1. The minimum Gasteiger partial charge on any atom is -0.494 e. The third-order valence-corrected chi connectivity index (χ3v) is 6.21. The lowest BCUT2D eigenvalue weighted by Gasteiger charge is -2.40. The Hall–Kier alpha value is -1.88. The van der Waals surface area contributed by atoms with E-state index in [4.69, 9.17) is 4.74 Å². The molecule has 1 aliphatic carbocycles. The van der Waals surface area contributed by atoms with Crippen LogP contribution >= 0.6 is 0 Å². The van der Waals surface area contributed by atoms with Crippen LogP contribution in [0, 0.1) is 0 Å². The number of ether oxygens (including phenoxy) is 1. The molecule has 1 saturated heterocycles. The summed E-state index contributed by atoms with van der Waals surface area (Å²) in [4.78, 5) is 20.1. The molecule has 0 bridgehead atoms. The van der Waals surface area contributed by atoms with E-state index >= 15 is 0 Å². The number of aryl methyl sites for hydroxylation is 1. The second-order valence-electron chi connectivity index (χ2n) is 7.71. The lowest BCUT2D eigenvalue weighted by Crippen LogP contribution is -2.45. The van der Waals surface area contributed by atoms with Gasteiger partial charge in [-0.25, -0.2) is 4.98 Å². The molecule has 2 fully saturated rings. The zero-order chi connectivity index (χ0) is 17.9. The van der Waals surface area contributed by atoms with Crippen LogP contribution in [-0.4, -0.2) is 40.2 Å². The molecule has 5 heteroatoms. The fourth-order valence-corrected chi connectivity index (χ4v) is 4.82. The van der Waals surface area contributed by atoms with Crippen LogP contribution < -0.4 is 10.3 Å². The van der Waals surface area contributed by atoms with Crippen molar-refractivity contribution in [1.29, 1.82) is 0 Å². The van der Waals surface area contributed by atoms with Gasteiger partial charge in [-0.05, 0) is 50.8 Å². The van der Waals surface area contributed by atoms with E-state index in [0.717, 1.165) is 19.0 Å². The number of para-hydroxylation sites is 1. The Labute approximate surface area is 155 Å². The van der Waals surface area contributed by atoms with Gasteiger partial charge < -0.3 is 4.74 Å². The summed E-state index contributed by atoms with van der Waals surface area (Å²) in [5, 5.41) is 0.642. The van der Waals surface area contributed by atoms with Crippen molar-refractivity contribution in [2.75, 3.05) is 13.7 Å². The van der Waals surface area contributed by atoms with Crippen LogP contribution in [0.1, 0.15) is 51.4 Å². The molecule has 0 radical (unpaired) electrons. The summed E-state index contributed by atoms with van der Waals surface area (Å²) in [7, 11) is 1.61. The van der Waals surface area contributed by atoms with E-state index in [2.05, 4.69) is 9.88 Å². The summed E-state index contributed by atoms with van der Waals surface area (Å²) in [5.41, 5.74) is 0.693. The van der Waals surface area contributed by atoms with Gasteiger partial charge in [0.25, 0.3) is 5.56 Å². The summed E-state index contributed by atoms with van der Waals surface area (Å²) in [6, 6.07) is 6.93. The normalized spacial score (nSPS) is 22.1. The van der Waals surface area contributed by atoms with Crippen LogP contribution in [0.4, 0.5) is 0 Å². The van der Waals surface area contributed by atoms with Gasteiger partial charge in [0.1, 0.15) is 11.3 Å². The van der Waals surface area contributed by atoms with Crippen LogP contribution in [-0.2, 0) is 6.54 Å². The quantitative estimate of drug-likeness (QED) is 0.822. The molecule has 2 aliphatic rings. The SMILES string of the molecule is COc1cccc2c(=O)n(CCC3CCCCN3C3CCCC3)cnc12. The lowest BCUT2D eigenvalue weighted by molar-refractivity contribution is 0.0880. The Morgan fingerprint density at radius 3 is 2.77 bits per heavy atom. The largest absolute Gasteiger partial charge is 0.494 e. The maximum atomic E-state index is 12.9. The first kappa shape index (κ1) is 17.5. The van der Waals surface area contributed by atoms with Crippen molar-refractivity contribution in [3.05, 3.63) is 34.9 Å². The molecule has 0 spiro atoms. The van der Waals surface area contributed by atoms with Crippen LogP contribution in [0.3, 0.4) is 0 Å². The van der Waals surface area contributed by atoms with E-state index in [1.54, 1.807) is 18.0 Å². The van der Waals surface area contributed by atoms with Crippen LogP contribution in [0.25, 0.3) is 10.9 Å². The highest BCUT2D eigenvalue weighted by molar-refractivity contribution is 5.83. The second kappa shape index (κ2) is 7.78. The molecular weight excluding hydrogens is 326 g/mol. The topological polar surface area (TPSA) is 47.4 Å². The smallest absolute Gasteiger partial charge is 0.261 e. The number of piperidine rings is 1. The van der Waals surface area contributed by atoms with Gasteiger partial charge >= 0.3 is 0 Å². The van der Waals surface area contributed by atoms with E-state index in [9.17, 15) is 4.79 Å². The number of aromatic nitrogens is 2. The minimum atomic E-state index is 0.0390. The molecule has 2 aromatic rings. The molecule has 4 rings (SSSR count). The van der Waals surface area contributed by atoms with Gasteiger partial charge in [-0.1, -0.05) is 25.3 Å². The molecule has 1 saturated carbocycles. The average molecular weight is 355 g/mol. The van der Waals surface area contributed by atoms with Crippen molar-refractivity contribution in [2.24, 2.45) is 0 Å². The lowest BCUT2D eigenvalue weighted by atomic mass is 9.96. The highest BCUT2D eigenvalue weighted by Crippen LogP contribution is 2.30. The number of benzene rings is 1. The van der Waals surface area contributed by atoms with Gasteiger partial charge in [-0.2, -0.15) is 0 Å². The molecule has 0 amide bonds. The van der Waals surface area contributed by atoms with E-state index in [0.29, 0.717) is 22.7 Å². The Kier molecular flexibility index (Phi) is 5.25. The zero-order valence-corrected chi connectivity index (χ0v) is 15.7. The van der Waals surface area contributed by atoms with Gasteiger partial charge in [0.15, 0.2) is 0 Å². The fraction of sp³-hybridized carbons (Fsp3) is 0.619. The van der Waals surface area contributed by atoms with E-state index in [-0.39, 0.29) is 5.56 Å². The summed E-state index contributed by atoms with van der Waals surface area (Å²) < 4.78 is 7.11. The molecule has 1 aromatic carbocycles. The first-order valence-corrected chi connectivity index (χ1v) is 10.1. The predicted octanol–water partition coefficient (Wildman–Crippen LogP) is 3.59. The molecule has 26 heavy (non-hydrogen) atoms. The van der Waals surface area contributed by atoms with Gasteiger partial charge in [-0.3, -0.25) is 14.3 Å². The summed E-state index contributed by atoms with van der Waals surface area (Å²) in [6.45, 7) is 1.98. The summed E-state index contributed by atoms with van der Waals surface area (Å²) in [5.74, 6) is 0.659. The summed E-state index contributed by atoms with van der Waals surface area (Å²) >= 11 is 0. The molecule has 1 unspecified atom stereocenters. The maximum absolute atomic E-state index is 12.9. The number of methoxy groups -OCH3 is 1. The average Bonchev–Trinajstić information content (AvgIpc) is 3.22. The van der Waals surface area contributed by atoms with Gasteiger partial charge in [-0.15, -0.1) is 0 Å².